The lowest BCUT2D eigenvalue weighted by molar-refractivity contribution is 0.0933. The van der Waals surface area contributed by atoms with Crippen LogP contribution in [0.15, 0.2) is 58.9 Å². The highest BCUT2D eigenvalue weighted by atomic mass is 35.5. The molecule has 0 aliphatic rings. The maximum Gasteiger partial charge on any atom is 0.341 e. The van der Waals surface area contributed by atoms with Crippen molar-refractivity contribution in [3.63, 3.8) is 0 Å². The number of halogens is 1. The number of aromatic nitrogens is 1. The van der Waals surface area contributed by atoms with Crippen molar-refractivity contribution in [2.24, 2.45) is 10.3 Å². The maximum absolute atomic E-state index is 11.9. The average molecular weight is 372 g/mol. The van der Waals surface area contributed by atoms with Crippen LogP contribution in [0.4, 0.5) is 16.2 Å². The second-order valence-corrected chi connectivity index (χ2v) is 5.70. The zero-order valence-electron chi connectivity index (χ0n) is 13.6. The number of hydrogen-bond acceptors (Lipinski definition) is 5. The first-order valence-corrected chi connectivity index (χ1v) is 7.92. The molecule has 9 heteroatoms. The SMILES string of the molecule is CC(=O)n1c(O)c(N=NNC(=O)Nc2ccccc2Cl)c2ccccc21. The molecule has 3 N–H and O–H groups in total. The summed E-state index contributed by atoms with van der Waals surface area (Å²) in [5.74, 6) is -0.722. The summed E-state index contributed by atoms with van der Waals surface area (Å²) in [5.41, 5.74) is 3.17. The molecule has 1 aromatic heterocycles. The van der Waals surface area contributed by atoms with Crippen molar-refractivity contribution in [1.82, 2.24) is 9.99 Å². The molecule has 1 heterocycles. The summed E-state index contributed by atoms with van der Waals surface area (Å²) in [6, 6.07) is 12.9. The Morgan fingerprint density at radius 3 is 2.54 bits per heavy atom. The minimum atomic E-state index is -0.656. The first-order valence-electron chi connectivity index (χ1n) is 7.54. The number of amides is 2. The van der Waals surface area contributed by atoms with Crippen LogP contribution in [0.5, 0.6) is 5.88 Å². The van der Waals surface area contributed by atoms with Crippen LogP contribution in [-0.4, -0.2) is 21.6 Å². The van der Waals surface area contributed by atoms with E-state index < -0.39 is 6.03 Å². The van der Waals surface area contributed by atoms with E-state index in [-0.39, 0.29) is 17.5 Å². The van der Waals surface area contributed by atoms with E-state index in [0.29, 0.717) is 21.6 Å². The number of aromatic hydroxyl groups is 1. The van der Waals surface area contributed by atoms with Gasteiger partial charge in [-0.15, -0.1) is 5.11 Å². The van der Waals surface area contributed by atoms with Crippen LogP contribution in [-0.2, 0) is 0 Å². The lowest BCUT2D eigenvalue weighted by Crippen LogP contribution is -2.23. The Kier molecular flexibility index (Phi) is 4.85. The molecule has 0 radical (unpaired) electrons. The molecule has 0 saturated heterocycles. The van der Waals surface area contributed by atoms with Crippen molar-refractivity contribution < 1.29 is 14.7 Å². The van der Waals surface area contributed by atoms with Gasteiger partial charge in [-0.05, 0) is 18.2 Å². The molecule has 132 valence electrons. The summed E-state index contributed by atoms with van der Waals surface area (Å²) in [6.07, 6.45) is 0. The number of hydrogen-bond donors (Lipinski definition) is 3. The van der Waals surface area contributed by atoms with Crippen LogP contribution >= 0.6 is 11.6 Å². The third-order valence-corrected chi connectivity index (χ3v) is 3.89. The molecule has 0 bridgehead atoms. The normalized spacial score (nSPS) is 11.0. The Morgan fingerprint density at radius 2 is 1.81 bits per heavy atom. The molecule has 0 unspecified atom stereocenters. The predicted octanol–water partition coefficient (Wildman–Crippen LogP) is 4.48. The Hall–Kier alpha value is -3.39. The van der Waals surface area contributed by atoms with E-state index in [4.69, 9.17) is 11.6 Å². The van der Waals surface area contributed by atoms with Crippen LogP contribution in [0.2, 0.25) is 5.02 Å². The fourth-order valence-electron chi connectivity index (χ4n) is 2.46. The van der Waals surface area contributed by atoms with E-state index in [2.05, 4.69) is 21.1 Å². The van der Waals surface area contributed by atoms with Gasteiger partial charge >= 0.3 is 6.03 Å². The number of anilines is 1. The molecule has 0 aliphatic heterocycles. The van der Waals surface area contributed by atoms with Gasteiger partial charge in [0.25, 0.3) is 0 Å². The van der Waals surface area contributed by atoms with Gasteiger partial charge < -0.3 is 10.4 Å². The highest BCUT2D eigenvalue weighted by molar-refractivity contribution is 6.33. The minimum Gasteiger partial charge on any atom is -0.493 e. The molecule has 3 aromatic rings. The molecule has 0 fully saturated rings. The molecular weight excluding hydrogens is 358 g/mol. The molecule has 0 saturated carbocycles. The fourth-order valence-corrected chi connectivity index (χ4v) is 2.64. The Balaban J connectivity index is 1.81. The van der Waals surface area contributed by atoms with Gasteiger partial charge in [0, 0.05) is 12.3 Å². The number of carbonyl (C=O) groups is 2. The summed E-state index contributed by atoms with van der Waals surface area (Å²) in [4.78, 5) is 23.6. The first-order chi connectivity index (χ1) is 12.5. The van der Waals surface area contributed by atoms with Crippen molar-refractivity contribution in [2.75, 3.05) is 5.32 Å². The zero-order chi connectivity index (χ0) is 18.7. The average Bonchev–Trinajstić information content (AvgIpc) is 2.89. The Morgan fingerprint density at radius 1 is 1.12 bits per heavy atom. The number of carbonyl (C=O) groups excluding carboxylic acids is 2. The minimum absolute atomic E-state index is 0.0776. The number of urea groups is 1. The largest absolute Gasteiger partial charge is 0.493 e. The standard InChI is InChI=1S/C17H14ClN5O3/c1-10(24)23-14-9-5-2-6-11(14)15(16(23)25)20-22-21-17(26)19-13-8-4-3-7-12(13)18/h2-9,25H,1H3,(H2,19,20,21,26). The van der Waals surface area contributed by atoms with Crippen LogP contribution in [0.3, 0.4) is 0 Å². The Labute approximate surface area is 153 Å². The second-order valence-electron chi connectivity index (χ2n) is 5.29. The van der Waals surface area contributed by atoms with Crippen LogP contribution < -0.4 is 10.7 Å². The molecule has 0 atom stereocenters. The molecule has 8 nitrogen and oxygen atoms in total. The topological polar surface area (TPSA) is 108 Å². The summed E-state index contributed by atoms with van der Waals surface area (Å²) in [5, 5.41) is 21.1. The molecular formula is C17H14ClN5O3. The van der Waals surface area contributed by atoms with E-state index in [0.717, 1.165) is 4.57 Å². The van der Waals surface area contributed by atoms with E-state index in [1.165, 1.54) is 6.92 Å². The summed E-state index contributed by atoms with van der Waals surface area (Å²) < 4.78 is 1.12. The molecule has 3 rings (SSSR count). The number of rotatable bonds is 3. The second kappa shape index (κ2) is 7.24. The number of nitrogens with one attached hydrogen (secondary N) is 2. The van der Waals surface area contributed by atoms with E-state index in [1.807, 2.05) is 0 Å². The van der Waals surface area contributed by atoms with Crippen LogP contribution in [0.1, 0.15) is 11.7 Å². The van der Waals surface area contributed by atoms with Crippen LogP contribution in [0.25, 0.3) is 10.9 Å². The third kappa shape index (κ3) is 3.35. The number of fused-ring (bicyclic) bond motifs is 1. The van der Waals surface area contributed by atoms with E-state index >= 15 is 0 Å². The number of benzene rings is 2. The third-order valence-electron chi connectivity index (χ3n) is 3.56. The van der Waals surface area contributed by atoms with Crippen LogP contribution in [0, 0.1) is 0 Å². The lowest BCUT2D eigenvalue weighted by Gasteiger charge is -2.04. The van der Waals surface area contributed by atoms with Crippen molar-refractivity contribution in [2.45, 2.75) is 6.92 Å². The number of para-hydroxylation sites is 2. The fraction of sp³-hybridized carbons (Fsp3) is 0.0588. The molecule has 26 heavy (non-hydrogen) atoms. The smallest absolute Gasteiger partial charge is 0.341 e. The van der Waals surface area contributed by atoms with Gasteiger partial charge in [-0.2, -0.15) is 0 Å². The summed E-state index contributed by atoms with van der Waals surface area (Å²) >= 11 is 5.95. The highest BCUT2D eigenvalue weighted by Gasteiger charge is 2.18. The Bertz CT molecular complexity index is 1030. The quantitative estimate of drug-likeness (QED) is 0.466. The highest BCUT2D eigenvalue weighted by Crippen LogP contribution is 2.38. The monoisotopic (exact) mass is 371 g/mol. The molecule has 0 aliphatic carbocycles. The van der Waals surface area contributed by atoms with Crippen molar-refractivity contribution in [1.29, 1.82) is 0 Å². The molecule has 2 aromatic carbocycles. The maximum atomic E-state index is 11.9. The van der Waals surface area contributed by atoms with Crippen molar-refractivity contribution >= 4 is 45.8 Å². The van der Waals surface area contributed by atoms with Crippen molar-refractivity contribution in [3.8, 4) is 5.88 Å². The van der Waals surface area contributed by atoms with Gasteiger partial charge in [-0.3, -0.25) is 4.79 Å². The van der Waals surface area contributed by atoms with Crippen molar-refractivity contribution in [3.05, 3.63) is 53.6 Å². The zero-order valence-corrected chi connectivity index (χ0v) is 14.4. The molecule has 0 spiro atoms. The van der Waals surface area contributed by atoms with E-state index in [9.17, 15) is 14.7 Å². The lowest BCUT2D eigenvalue weighted by atomic mass is 10.2. The van der Waals surface area contributed by atoms with E-state index in [1.54, 1.807) is 48.5 Å². The van der Waals surface area contributed by atoms with Gasteiger partial charge in [0.2, 0.25) is 11.8 Å². The van der Waals surface area contributed by atoms with Gasteiger partial charge in [0.15, 0.2) is 5.69 Å². The summed E-state index contributed by atoms with van der Waals surface area (Å²) in [7, 11) is 0. The number of nitrogens with zero attached hydrogens (tertiary/aromatic N) is 3. The predicted molar refractivity (Wildman–Crippen MR) is 98.0 cm³/mol. The van der Waals surface area contributed by atoms with Gasteiger partial charge in [0.1, 0.15) is 0 Å². The van der Waals surface area contributed by atoms with Gasteiger partial charge in [-0.1, -0.05) is 47.2 Å². The van der Waals surface area contributed by atoms with Gasteiger partial charge in [0.05, 0.1) is 16.2 Å². The summed E-state index contributed by atoms with van der Waals surface area (Å²) in [6.45, 7) is 1.32. The van der Waals surface area contributed by atoms with Gasteiger partial charge in [-0.25, -0.2) is 14.8 Å². The first kappa shape index (κ1) is 17.4. The molecule has 2 amide bonds.